The van der Waals surface area contributed by atoms with Crippen LogP contribution in [0.4, 0.5) is 0 Å². The molecule has 0 fully saturated rings. The zero-order valence-electron chi connectivity index (χ0n) is 12.6. The summed E-state index contributed by atoms with van der Waals surface area (Å²) in [5, 5.41) is 0.386. The van der Waals surface area contributed by atoms with Crippen LogP contribution in [0, 0.1) is 0 Å². The Hall–Kier alpha value is -1.55. The van der Waals surface area contributed by atoms with Crippen LogP contribution in [0.1, 0.15) is 38.1 Å². The van der Waals surface area contributed by atoms with Gasteiger partial charge in [-0.2, -0.15) is 4.99 Å². The Labute approximate surface area is 125 Å². The lowest BCUT2D eigenvalue weighted by atomic mass is 10.2. The van der Waals surface area contributed by atoms with Gasteiger partial charge in [0.15, 0.2) is 0 Å². The van der Waals surface area contributed by atoms with Crippen molar-refractivity contribution >= 4 is 23.5 Å². The van der Waals surface area contributed by atoms with Gasteiger partial charge in [0.2, 0.25) is 0 Å². The quantitative estimate of drug-likeness (QED) is 0.632. The Kier molecular flexibility index (Phi) is 6.02. The van der Waals surface area contributed by atoms with Gasteiger partial charge in [-0.05, 0) is 39.8 Å². The van der Waals surface area contributed by atoms with Gasteiger partial charge in [-0.1, -0.05) is 23.7 Å². The molecule has 0 bridgehead atoms. The molecule has 1 aromatic carbocycles. The zero-order valence-corrected chi connectivity index (χ0v) is 13.3. The fourth-order valence-electron chi connectivity index (χ4n) is 1.40. The first-order valence-corrected chi connectivity index (χ1v) is 6.97. The van der Waals surface area contributed by atoms with Crippen molar-refractivity contribution in [1.29, 1.82) is 0 Å². The monoisotopic (exact) mass is 296 g/mol. The number of nitrogens with zero attached hydrogens (tertiary/aromatic N) is 2. The molecule has 0 aliphatic rings. The highest BCUT2D eigenvalue weighted by Crippen LogP contribution is 2.16. The molecule has 0 radical (unpaired) electrons. The Morgan fingerprint density at radius 2 is 1.85 bits per heavy atom. The normalized spacial score (nSPS) is 11.9. The molecular weight excluding hydrogens is 276 g/mol. The van der Waals surface area contributed by atoms with Crippen LogP contribution < -0.4 is 0 Å². The molecule has 0 saturated heterocycles. The average molecular weight is 297 g/mol. The van der Waals surface area contributed by atoms with E-state index < -0.39 is 5.91 Å². The van der Waals surface area contributed by atoms with Gasteiger partial charge >= 0.3 is 0 Å². The lowest BCUT2D eigenvalue weighted by Crippen LogP contribution is -2.37. The fraction of sp³-hybridized carbons (Fsp3) is 0.467. The van der Waals surface area contributed by atoms with Crippen LogP contribution in [0.15, 0.2) is 29.3 Å². The smallest absolute Gasteiger partial charge is 0.295 e. The predicted octanol–water partition coefficient (Wildman–Crippen LogP) is 3.60. The SMILES string of the molecule is CC(C)OC(=NC(=O)c1ccccc1Cl)N(C)C(C)C. The fourth-order valence-corrected chi connectivity index (χ4v) is 1.62. The van der Waals surface area contributed by atoms with Crippen LogP contribution in [0.5, 0.6) is 0 Å². The number of hydrogen-bond acceptors (Lipinski definition) is 2. The summed E-state index contributed by atoms with van der Waals surface area (Å²) in [5.74, 6) is -0.404. The van der Waals surface area contributed by atoms with Gasteiger partial charge in [-0.25, -0.2) is 0 Å². The van der Waals surface area contributed by atoms with Crippen LogP contribution >= 0.6 is 11.6 Å². The van der Waals surface area contributed by atoms with Gasteiger partial charge in [-0.15, -0.1) is 0 Å². The summed E-state index contributed by atoms with van der Waals surface area (Å²) in [6.07, 6.45) is -0.0611. The first kappa shape index (κ1) is 16.5. The van der Waals surface area contributed by atoms with Gasteiger partial charge in [-0.3, -0.25) is 4.79 Å². The minimum atomic E-state index is -0.404. The molecule has 5 heteroatoms. The maximum atomic E-state index is 12.2. The van der Waals surface area contributed by atoms with E-state index in [4.69, 9.17) is 16.3 Å². The van der Waals surface area contributed by atoms with Crippen LogP contribution in [-0.2, 0) is 4.74 Å². The second kappa shape index (κ2) is 7.29. The third-order valence-corrected chi connectivity index (χ3v) is 3.05. The van der Waals surface area contributed by atoms with Crippen molar-refractivity contribution in [3.05, 3.63) is 34.9 Å². The number of ether oxygens (including phenoxy) is 1. The summed E-state index contributed by atoms with van der Waals surface area (Å²) in [4.78, 5) is 18.1. The highest BCUT2D eigenvalue weighted by molar-refractivity contribution is 6.34. The van der Waals surface area contributed by atoms with E-state index in [0.717, 1.165) is 0 Å². The summed E-state index contributed by atoms with van der Waals surface area (Å²) in [6.45, 7) is 7.78. The highest BCUT2D eigenvalue weighted by atomic mass is 35.5. The standard InChI is InChI=1S/C15H21ClN2O2/c1-10(2)18(5)15(20-11(3)4)17-14(19)12-8-6-7-9-13(12)16/h6-11H,1-5H3. The number of hydrogen-bond donors (Lipinski definition) is 0. The number of carbonyl (C=O) groups is 1. The maximum absolute atomic E-state index is 12.2. The molecule has 1 rings (SSSR count). The molecule has 1 aromatic rings. The Morgan fingerprint density at radius 1 is 1.25 bits per heavy atom. The molecule has 4 nitrogen and oxygen atoms in total. The molecule has 0 aliphatic heterocycles. The lowest BCUT2D eigenvalue weighted by Gasteiger charge is -2.25. The van der Waals surface area contributed by atoms with Crippen molar-refractivity contribution in [3.8, 4) is 0 Å². The van der Waals surface area contributed by atoms with Crippen molar-refractivity contribution in [3.63, 3.8) is 0 Å². The van der Waals surface area contributed by atoms with Crippen LogP contribution in [0.3, 0.4) is 0 Å². The number of rotatable bonds is 3. The van der Waals surface area contributed by atoms with Crippen molar-refractivity contribution in [2.45, 2.75) is 39.8 Å². The third-order valence-electron chi connectivity index (χ3n) is 2.72. The molecule has 110 valence electrons. The van der Waals surface area contributed by atoms with Gasteiger partial charge in [0.25, 0.3) is 11.9 Å². The molecule has 0 aromatic heterocycles. The van der Waals surface area contributed by atoms with E-state index in [0.29, 0.717) is 16.6 Å². The van der Waals surface area contributed by atoms with E-state index in [-0.39, 0.29) is 12.1 Å². The molecule has 0 spiro atoms. The highest BCUT2D eigenvalue weighted by Gasteiger charge is 2.17. The summed E-state index contributed by atoms with van der Waals surface area (Å²) in [7, 11) is 1.84. The van der Waals surface area contributed by atoms with E-state index in [2.05, 4.69) is 4.99 Å². The third kappa shape index (κ3) is 4.53. The summed E-state index contributed by atoms with van der Waals surface area (Å²) < 4.78 is 5.62. The number of amides is 1. The summed E-state index contributed by atoms with van der Waals surface area (Å²) in [5.41, 5.74) is 0.371. The first-order valence-electron chi connectivity index (χ1n) is 6.60. The maximum Gasteiger partial charge on any atom is 0.295 e. The Bertz CT molecular complexity index is 498. The van der Waals surface area contributed by atoms with E-state index in [1.54, 1.807) is 24.3 Å². The van der Waals surface area contributed by atoms with Crippen molar-refractivity contribution in [2.75, 3.05) is 7.05 Å². The molecule has 0 aliphatic carbocycles. The summed E-state index contributed by atoms with van der Waals surface area (Å²) >= 11 is 6.01. The van der Waals surface area contributed by atoms with Crippen molar-refractivity contribution < 1.29 is 9.53 Å². The molecule has 0 saturated carbocycles. The van der Waals surface area contributed by atoms with Crippen LogP contribution in [0.2, 0.25) is 5.02 Å². The van der Waals surface area contributed by atoms with Crippen LogP contribution in [0.25, 0.3) is 0 Å². The molecule has 20 heavy (non-hydrogen) atoms. The predicted molar refractivity (Wildman–Crippen MR) is 82.3 cm³/mol. The second-order valence-electron chi connectivity index (χ2n) is 5.05. The van der Waals surface area contributed by atoms with Gasteiger partial charge < -0.3 is 9.64 Å². The topological polar surface area (TPSA) is 41.9 Å². The Morgan fingerprint density at radius 3 is 2.35 bits per heavy atom. The lowest BCUT2D eigenvalue weighted by molar-refractivity contribution is 0.0988. The molecule has 1 amide bonds. The minimum Gasteiger partial charge on any atom is -0.462 e. The van der Waals surface area contributed by atoms with Gasteiger partial charge in [0.05, 0.1) is 16.7 Å². The zero-order chi connectivity index (χ0) is 15.3. The van der Waals surface area contributed by atoms with E-state index in [1.807, 2.05) is 39.6 Å². The second-order valence-corrected chi connectivity index (χ2v) is 5.46. The number of aliphatic imine (C=N–C) groups is 1. The molecular formula is C15H21ClN2O2. The van der Waals surface area contributed by atoms with E-state index in [1.165, 1.54) is 0 Å². The van der Waals surface area contributed by atoms with Gasteiger partial charge in [0, 0.05) is 13.1 Å². The molecule has 0 N–H and O–H groups in total. The van der Waals surface area contributed by atoms with E-state index >= 15 is 0 Å². The molecule has 0 heterocycles. The Balaban J connectivity index is 3.07. The van der Waals surface area contributed by atoms with Gasteiger partial charge in [0.1, 0.15) is 0 Å². The molecule has 0 unspecified atom stereocenters. The number of benzene rings is 1. The van der Waals surface area contributed by atoms with Crippen molar-refractivity contribution in [2.24, 2.45) is 4.99 Å². The number of halogens is 1. The van der Waals surface area contributed by atoms with Crippen LogP contribution in [-0.4, -0.2) is 36.0 Å². The number of carbonyl (C=O) groups excluding carboxylic acids is 1. The molecule has 0 atom stereocenters. The largest absolute Gasteiger partial charge is 0.462 e. The first-order chi connectivity index (χ1) is 9.32. The van der Waals surface area contributed by atoms with Crippen molar-refractivity contribution in [1.82, 2.24) is 4.90 Å². The van der Waals surface area contributed by atoms with E-state index in [9.17, 15) is 4.79 Å². The average Bonchev–Trinajstić information content (AvgIpc) is 2.36. The number of amidine groups is 1. The minimum absolute atomic E-state index is 0.0611. The summed E-state index contributed by atoms with van der Waals surface area (Å²) in [6, 6.07) is 7.32.